The van der Waals surface area contributed by atoms with Crippen LogP contribution in [-0.4, -0.2) is 53.5 Å². The summed E-state index contributed by atoms with van der Waals surface area (Å²) in [5.41, 5.74) is 0.102. The molecule has 2 aromatic carbocycles. The molecule has 0 fully saturated rings. The maximum Gasteiger partial charge on any atom is 0.269 e. The van der Waals surface area contributed by atoms with Crippen LogP contribution in [0, 0.1) is 0 Å². The van der Waals surface area contributed by atoms with E-state index in [1.165, 1.54) is 17.0 Å². The maximum atomic E-state index is 13.3. The molecule has 0 saturated heterocycles. The topological polar surface area (TPSA) is 104 Å². The molecule has 3 rings (SSSR count). The lowest BCUT2D eigenvalue weighted by molar-refractivity contribution is -0.141. The van der Waals surface area contributed by atoms with Crippen molar-refractivity contribution in [2.24, 2.45) is 0 Å². The fourth-order valence-electron chi connectivity index (χ4n) is 3.88. The van der Waals surface area contributed by atoms with Gasteiger partial charge >= 0.3 is 0 Å². The monoisotopic (exact) mass is 553 g/mol. The summed E-state index contributed by atoms with van der Waals surface area (Å²) in [7, 11) is -3.96. The predicted octanol–water partition coefficient (Wildman–Crippen LogP) is 4.25. The molecular weight excluding hydrogens is 525 g/mol. The minimum absolute atomic E-state index is 0.0115. The molecule has 3 amide bonds. The van der Waals surface area contributed by atoms with Crippen LogP contribution in [0.15, 0.2) is 47.4 Å². The Morgan fingerprint density at radius 3 is 2.25 bits per heavy atom. The van der Waals surface area contributed by atoms with E-state index in [-0.39, 0.29) is 42.3 Å². The van der Waals surface area contributed by atoms with Gasteiger partial charge in [-0.2, -0.15) is 0 Å². The number of carbonyl (C=O) groups excluding carboxylic acids is 3. The van der Waals surface area contributed by atoms with Crippen molar-refractivity contribution in [3.63, 3.8) is 0 Å². The van der Waals surface area contributed by atoms with Gasteiger partial charge in [0.05, 0.1) is 5.56 Å². The van der Waals surface area contributed by atoms with Crippen LogP contribution in [0.4, 0.5) is 0 Å². The zero-order valence-corrected chi connectivity index (χ0v) is 22.9. The number of fused-ring (bicyclic) bond motifs is 1. The predicted molar refractivity (Wildman–Crippen MR) is 138 cm³/mol. The summed E-state index contributed by atoms with van der Waals surface area (Å²) in [6.07, 6.45) is -0.0109. The number of hydrogen-bond acceptors (Lipinski definition) is 5. The summed E-state index contributed by atoms with van der Waals surface area (Å²) in [6.45, 7) is 6.93. The highest BCUT2D eigenvalue weighted by molar-refractivity contribution is 7.90. The number of amides is 3. The number of nitrogens with one attached hydrogen (secondary N) is 1. The van der Waals surface area contributed by atoms with Crippen LogP contribution in [0.5, 0.6) is 0 Å². The number of hydrogen-bond donors (Lipinski definition) is 1. The highest BCUT2D eigenvalue weighted by atomic mass is 35.5. The van der Waals surface area contributed by atoms with Crippen LogP contribution in [0.3, 0.4) is 0 Å². The summed E-state index contributed by atoms with van der Waals surface area (Å²) in [6, 6.07) is 10.1. The summed E-state index contributed by atoms with van der Waals surface area (Å²) < 4.78 is 26.3. The number of rotatable bonds is 8. The van der Waals surface area contributed by atoms with E-state index in [4.69, 9.17) is 23.2 Å². The van der Waals surface area contributed by atoms with Crippen molar-refractivity contribution in [3.05, 3.63) is 63.6 Å². The Kier molecular flexibility index (Phi) is 8.37. The summed E-state index contributed by atoms with van der Waals surface area (Å²) >= 11 is 12.6. The Labute approximate surface area is 221 Å². The maximum absolute atomic E-state index is 13.3. The molecule has 1 aliphatic rings. The molecule has 8 nitrogen and oxygen atoms in total. The average Bonchev–Trinajstić information content (AvgIpc) is 2.98. The van der Waals surface area contributed by atoms with Gasteiger partial charge in [-0.25, -0.2) is 12.7 Å². The standard InChI is InChI=1S/C25H29Cl2N3O5S/c1-16(23(32)28-25(2,3)4)29(15-18-19(26)10-7-11-20(18)27)22(31)13-8-14-30-24(33)17-9-5-6-12-21(17)36(30,34)35/h5-7,9-12,16H,8,13-15H2,1-4H3,(H,28,32). The van der Waals surface area contributed by atoms with E-state index in [1.54, 1.807) is 37.3 Å². The van der Waals surface area contributed by atoms with Crippen molar-refractivity contribution in [1.29, 1.82) is 0 Å². The van der Waals surface area contributed by atoms with E-state index in [0.717, 1.165) is 4.31 Å². The highest BCUT2D eigenvalue weighted by Gasteiger charge is 2.40. The van der Waals surface area contributed by atoms with Gasteiger partial charge in [0.25, 0.3) is 15.9 Å². The van der Waals surface area contributed by atoms with Gasteiger partial charge in [0.2, 0.25) is 11.8 Å². The summed E-state index contributed by atoms with van der Waals surface area (Å²) in [5, 5.41) is 3.58. The molecule has 2 aromatic rings. The van der Waals surface area contributed by atoms with E-state index in [0.29, 0.717) is 15.6 Å². The molecule has 1 unspecified atom stereocenters. The third-order valence-corrected chi connectivity index (χ3v) is 8.27. The van der Waals surface area contributed by atoms with Crippen LogP contribution in [-0.2, 0) is 26.2 Å². The van der Waals surface area contributed by atoms with Gasteiger partial charge in [-0.05, 0) is 58.4 Å². The van der Waals surface area contributed by atoms with Crippen molar-refractivity contribution in [2.45, 2.75) is 63.6 Å². The molecule has 0 spiro atoms. The molecule has 194 valence electrons. The first kappa shape index (κ1) is 28.0. The molecule has 36 heavy (non-hydrogen) atoms. The first-order chi connectivity index (χ1) is 16.7. The highest BCUT2D eigenvalue weighted by Crippen LogP contribution is 2.30. The van der Waals surface area contributed by atoms with Gasteiger partial charge in [-0.15, -0.1) is 0 Å². The number of carbonyl (C=O) groups is 3. The number of benzene rings is 2. The first-order valence-electron chi connectivity index (χ1n) is 11.4. The van der Waals surface area contributed by atoms with Crippen LogP contribution >= 0.6 is 23.2 Å². The van der Waals surface area contributed by atoms with Gasteiger partial charge in [0, 0.05) is 40.7 Å². The van der Waals surface area contributed by atoms with E-state index in [9.17, 15) is 22.8 Å². The lowest BCUT2D eigenvalue weighted by Crippen LogP contribution is -2.52. The molecule has 1 atom stereocenters. The van der Waals surface area contributed by atoms with Crippen LogP contribution < -0.4 is 5.32 Å². The van der Waals surface area contributed by atoms with Gasteiger partial charge < -0.3 is 10.2 Å². The van der Waals surface area contributed by atoms with Crippen LogP contribution in [0.1, 0.15) is 56.5 Å². The minimum Gasteiger partial charge on any atom is -0.350 e. The fourth-order valence-corrected chi connectivity index (χ4v) is 6.00. The number of nitrogens with zero attached hydrogens (tertiary/aromatic N) is 2. The summed E-state index contributed by atoms with van der Waals surface area (Å²) in [4.78, 5) is 40.2. The molecule has 0 aromatic heterocycles. The normalized spacial score (nSPS) is 15.4. The van der Waals surface area contributed by atoms with Gasteiger partial charge in [-0.3, -0.25) is 14.4 Å². The van der Waals surface area contributed by atoms with Crippen LogP contribution in [0.2, 0.25) is 10.0 Å². The Morgan fingerprint density at radius 1 is 1.06 bits per heavy atom. The van der Waals surface area contributed by atoms with E-state index < -0.39 is 33.4 Å². The molecule has 1 aliphatic heterocycles. The molecule has 1 heterocycles. The summed E-state index contributed by atoms with van der Waals surface area (Å²) in [5.74, 6) is -1.37. The minimum atomic E-state index is -3.96. The molecule has 1 N–H and O–H groups in total. The van der Waals surface area contributed by atoms with E-state index in [2.05, 4.69) is 5.32 Å². The molecule has 0 saturated carbocycles. The third-order valence-electron chi connectivity index (χ3n) is 5.72. The van der Waals surface area contributed by atoms with Crippen LogP contribution in [0.25, 0.3) is 0 Å². The third kappa shape index (κ3) is 6.02. The van der Waals surface area contributed by atoms with Gasteiger partial charge in [-0.1, -0.05) is 41.4 Å². The largest absolute Gasteiger partial charge is 0.350 e. The number of sulfonamides is 1. The Morgan fingerprint density at radius 2 is 1.67 bits per heavy atom. The Balaban J connectivity index is 1.77. The molecule has 0 aliphatic carbocycles. The second-order valence-electron chi connectivity index (χ2n) is 9.62. The lowest BCUT2D eigenvalue weighted by atomic mass is 10.1. The quantitative estimate of drug-likeness (QED) is 0.526. The van der Waals surface area contributed by atoms with Crippen molar-refractivity contribution >= 4 is 50.9 Å². The molecular formula is C25H29Cl2N3O5S. The second kappa shape index (κ2) is 10.8. The lowest BCUT2D eigenvalue weighted by Gasteiger charge is -2.32. The SMILES string of the molecule is CC(C(=O)NC(C)(C)C)N(Cc1c(Cl)cccc1Cl)C(=O)CCCN1C(=O)c2ccccc2S1(=O)=O. The first-order valence-corrected chi connectivity index (χ1v) is 13.6. The fraction of sp³-hybridized carbons (Fsp3) is 0.400. The Hall–Kier alpha value is -2.62. The smallest absolute Gasteiger partial charge is 0.269 e. The van der Waals surface area contributed by atoms with E-state index >= 15 is 0 Å². The molecule has 0 bridgehead atoms. The average molecular weight is 554 g/mol. The number of halogens is 2. The molecule has 11 heteroatoms. The Bertz CT molecular complexity index is 1270. The molecule has 0 radical (unpaired) electrons. The van der Waals surface area contributed by atoms with Crippen molar-refractivity contribution in [3.8, 4) is 0 Å². The van der Waals surface area contributed by atoms with Gasteiger partial charge in [0.1, 0.15) is 10.9 Å². The van der Waals surface area contributed by atoms with Crippen molar-refractivity contribution in [2.75, 3.05) is 6.54 Å². The van der Waals surface area contributed by atoms with Crippen molar-refractivity contribution in [1.82, 2.24) is 14.5 Å². The van der Waals surface area contributed by atoms with Gasteiger partial charge in [0.15, 0.2) is 0 Å². The zero-order chi connectivity index (χ0) is 26.8. The van der Waals surface area contributed by atoms with E-state index in [1.807, 2.05) is 20.8 Å². The van der Waals surface area contributed by atoms with Crippen molar-refractivity contribution < 1.29 is 22.8 Å². The second-order valence-corrected chi connectivity index (χ2v) is 12.3. The zero-order valence-electron chi connectivity index (χ0n) is 20.5.